The molecule has 0 fully saturated rings. The zero-order chi connectivity index (χ0) is 11.2. The van der Waals surface area contributed by atoms with E-state index in [1.807, 2.05) is 48.6 Å². The second kappa shape index (κ2) is 4.90. The van der Waals surface area contributed by atoms with E-state index in [4.69, 9.17) is 5.26 Å². The molecule has 0 saturated carbocycles. The van der Waals surface area contributed by atoms with E-state index in [2.05, 4.69) is 11.1 Å². The monoisotopic (exact) mass is 206 g/mol. The van der Waals surface area contributed by atoms with E-state index in [-0.39, 0.29) is 0 Å². The van der Waals surface area contributed by atoms with Crippen LogP contribution in [0.25, 0.3) is 12.2 Å². The molecule has 2 nitrogen and oxygen atoms in total. The second-order valence-corrected chi connectivity index (χ2v) is 3.36. The average molecular weight is 206 g/mol. The standard InChI is InChI=1S/C14H10N2/c15-9-14-8-13(10-16-11-14)7-6-12-4-2-1-3-5-12/h1-8,10-11H/b7-6+. The molecule has 76 valence electrons. The molecule has 2 aromatic rings. The van der Waals surface area contributed by atoms with Crippen molar-refractivity contribution in [3.63, 3.8) is 0 Å². The molecule has 1 heterocycles. The van der Waals surface area contributed by atoms with Crippen LogP contribution in [0.15, 0.2) is 48.8 Å². The lowest BCUT2D eigenvalue weighted by atomic mass is 10.1. The van der Waals surface area contributed by atoms with Crippen LogP contribution in [0.5, 0.6) is 0 Å². The molecule has 0 amide bonds. The smallest absolute Gasteiger partial charge is 0.101 e. The number of rotatable bonds is 2. The van der Waals surface area contributed by atoms with Crippen molar-refractivity contribution >= 4 is 12.2 Å². The van der Waals surface area contributed by atoms with Crippen molar-refractivity contribution in [2.45, 2.75) is 0 Å². The first-order valence-electron chi connectivity index (χ1n) is 4.97. The van der Waals surface area contributed by atoms with Gasteiger partial charge >= 0.3 is 0 Å². The molecule has 0 spiro atoms. The van der Waals surface area contributed by atoms with E-state index in [9.17, 15) is 0 Å². The summed E-state index contributed by atoms with van der Waals surface area (Å²) in [6, 6.07) is 13.9. The summed E-state index contributed by atoms with van der Waals surface area (Å²) in [6.07, 6.45) is 7.24. The molecule has 0 radical (unpaired) electrons. The molecule has 0 unspecified atom stereocenters. The lowest BCUT2D eigenvalue weighted by Gasteiger charge is -1.94. The van der Waals surface area contributed by atoms with Crippen LogP contribution in [0.1, 0.15) is 16.7 Å². The van der Waals surface area contributed by atoms with E-state index in [0.29, 0.717) is 5.56 Å². The molecule has 2 rings (SSSR count). The molecule has 0 N–H and O–H groups in total. The minimum atomic E-state index is 0.579. The van der Waals surface area contributed by atoms with Gasteiger partial charge in [-0.25, -0.2) is 0 Å². The number of pyridine rings is 1. The van der Waals surface area contributed by atoms with Crippen LogP contribution in [0.2, 0.25) is 0 Å². The number of benzene rings is 1. The largest absolute Gasteiger partial charge is 0.263 e. The summed E-state index contributed by atoms with van der Waals surface area (Å²) in [5, 5.41) is 8.73. The highest BCUT2D eigenvalue weighted by atomic mass is 14.6. The van der Waals surface area contributed by atoms with Gasteiger partial charge < -0.3 is 0 Å². The first-order chi connectivity index (χ1) is 7.88. The summed E-state index contributed by atoms with van der Waals surface area (Å²) in [5.74, 6) is 0. The first kappa shape index (κ1) is 10.1. The van der Waals surface area contributed by atoms with Crippen molar-refractivity contribution in [1.82, 2.24) is 4.98 Å². The Bertz CT molecular complexity index is 536. The predicted molar refractivity (Wildman–Crippen MR) is 64.3 cm³/mol. The molecule has 2 heteroatoms. The molecule has 0 saturated heterocycles. The Morgan fingerprint density at radius 3 is 2.50 bits per heavy atom. The normalized spacial score (nSPS) is 10.2. The fourth-order valence-corrected chi connectivity index (χ4v) is 1.37. The maximum atomic E-state index is 8.73. The van der Waals surface area contributed by atoms with Gasteiger partial charge in [0.05, 0.1) is 5.56 Å². The quantitative estimate of drug-likeness (QED) is 0.756. The summed E-state index contributed by atoms with van der Waals surface area (Å²) in [7, 11) is 0. The molecule has 0 aliphatic rings. The molecule has 0 bridgehead atoms. The lowest BCUT2D eigenvalue weighted by molar-refractivity contribution is 1.29. The highest BCUT2D eigenvalue weighted by Crippen LogP contribution is 2.08. The topological polar surface area (TPSA) is 36.7 Å². The summed E-state index contributed by atoms with van der Waals surface area (Å²) >= 11 is 0. The first-order valence-corrected chi connectivity index (χ1v) is 4.97. The van der Waals surface area contributed by atoms with Crippen molar-refractivity contribution in [3.05, 3.63) is 65.5 Å². The summed E-state index contributed by atoms with van der Waals surface area (Å²) < 4.78 is 0. The summed E-state index contributed by atoms with van der Waals surface area (Å²) in [6.45, 7) is 0. The van der Waals surface area contributed by atoms with Gasteiger partial charge in [-0.15, -0.1) is 0 Å². The molecular formula is C14H10N2. The van der Waals surface area contributed by atoms with Crippen LogP contribution >= 0.6 is 0 Å². The Morgan fingerprint density at radius 1 is 1.00 bits per heavy atom. The van der Waals surface area contributed by atoms with Crippen LogP contribution in [0.3, 0.4) is 0 Å². The number of aromatic nitrogens is 1. The van der Waals surface area contributed by atoms with Gasteiger partial charge in [-0.2, -0.15) is 5.26 Å². The summed E-state index contributed by atoms with van der Waals surface area (Å²) in [4.78, 5) is 3.99. The third-order valence-corrected chi connectivity index (χ3v) is 2.16. The number of nitrogens with zero attached hydrogens (tertiary/aromatic N) is 2. The molecular weight excluding hydrogens is 196 g/mol. The molecule has 16 heavy (non-hydrogen) atoms. The van der Waals surface area contributed by atoms with Gasteiger partial charge in [0, 0.05) is 12.4 Å². The molecule has 1 aromatic carbocycles. The van der Waals surface area contributed by atoms with E-state index < -0.39 is 0 Å². The van der Waals surface area contributed by atoms with Gasteiger partial charge in [-0.05, 0) is 17.2 Å². The Labute approximate surface area is 94.5 Å². The number of hydrogen-bond donors (Lipinski definition) is 0. The van der Waals surface area contributed by atoms with Gasteiger partial charge in [-0.3, -0.25) is 4.98 Å². The summed E-state index contributed by atoms with van der Waals surface area (Å²) in [5.41, 5.74) is 2.64. The van der Waals surface area contributed by atoms with E-state index in [1.54, 1.807) is 12.4 Å². The SMILES string of the molecule is N#Cc1cncc(/C=C/c2ccccc2)c1. The van der Waals surface area contributed by atoms with Gasteiger partial charge in [0.2, 0.25) is 0 Å². The molecule has 1 aromatic heterocycles. The minimum Gasteiger partial charge on any atom is -0.263 e. The fraction of sp³-hybridized carbons (Fsp3) is 0. The Balaban J connectivity index is 2.21. The van der Waals surface area contributed by atoms with Crippen molar-refractivity contribution in [3.8, 4) is 6.07 Å². The third-order valence-electron chi connectivity index (χ3n) is 2.16. The van der Waals surface area contributed by atoms with Crippen molar-refractivity contribution < 1.29 is 0 Å². The van der Waals surface area contributed by atoms with Crippen molar-refractivity contribution in [1.29, 1.82) is 5.26 Å². The molecule has 0 atom stereocenters. The Hall–Kier alpha value is -2.40. The Morgan fingerprint density at radius 2 is 1.75 bits per heavy atom. The number of hydrogen-bond acceptors (Lipinski definition) is 2. The van der Waals surface area contributed by atoms with Crippen LogP contribution in [-0.4, -0.2) is 4.98 Å². The Kier molecular flexibility index (Phi) is 3.10. The predicted octanol–water partition coefficient (Wildman–Crippen LogP) is 3.12. The zero-order valence-corrected chi connectivity index (χ0v) is 8.67. The minimum absolute atomic E-state index is 0.579. The number of nitriles is 1. The van der Waals surface area contributed by atoms with Crippen molar-refractivity contribution in [2.75, 3.05) is 0 Å². The van der Waals surface area contributed by atoms with Gasteiger partial charge in [0.1, 0.15) is 6.07 Å². The van der Waals surface area contributed by atoms with Crippen LogP contribution in [0.4, 0.5) is 0 Å². The molecule has 0 aliphatic carbocycles. The van der Waals surface area contributed by atoms with Gasteiger partial charge in [0.25, 0.3) is 0 Å². The molecule has 0 aliphatic heterocycles. The van der Waals surface area contributed by atoms with Gasteiger partial charge in [0.15, 0.2) is 0 Å². The maximum Gasteiger partial charge on any atom is 0.101 e. The van der Waals surface area contributed by atoms with Crippen molar-refractivity contribution in [2.24, 2.45) is 0 Å². The van der Waals surface area contributed by atoms with E-state index in [0.717, 1.165) is 11.1 Å². The van der Waals surface area contributed by atoms with Crippen LogP contribution < -0.4 is 0 Å². The maximum absolute atomic E-state index is 8.73. The second-order valence-electron chi connectivity index (χ2n) is 3.36. The zero-order valence-electron chi connectivity index (χ0n) is 8.67. The van der Waals surface area contributed by atoms with E-state index >= 15 is 0 Å². The highest BCUT2D eigenvalue weighted by molar-refractivity contribution is 5.69. The lowest BCUT2D eigenvalue weighted by Crippen LogP contribution is -1.80. The van der Waals surface area contributed by atoms with Gasteiger partial charge in [-0.1, -0.05) is 42.5 Å². The van der Waals surface area contributed by atoms with Crippen LogP contribution in [0, 0.1) is 11.3 Å². The van der Waals surface area contributed by atoms with Crippen LogP contribution in [-0.2, 0) is 0 Å². The fourth-order valence-electron chi connectivity index (χ4n) is 1.37. The van der Waals surface area contributed by atoms with E-state index in [1.165, 1.54) is 0 Å². The average Bonchev–Trinajstić information content (AvgIpc) is 2.38. The third kappa shape index (κ3) is 2.55. The highest BCUT2D eigenvalue weighted by Gasteiger charge is 1.91.